The minimum Gasteiger partial charge on any atom is -0.486 e. The lowest BCUT2D eigenvalue weighted by Gasteiger charge is -2.14. The van der Waals surface area contributed by atoms with Gasteiger partial charge in [0.25, 0.3) is 0 Å². The molecule has 5 nitrogen and oxygen atoms in total. The van der Waals surface area contributed by atoms with E-state index in [4.69, 9.17) is 14.0 Å². The molecule has 0 fully saturated rings. The third-order valence-corrected chi connectivity index (χ3v) is 3.63. The zero-order chi connectivity index (χ0) is 16.1. The van der Waals surface area contributed by atoms with E-state index in [0.29, 0.717) is 29.2 Å². The van der Waals surface area contributed by atoms with Gasteiger partial charge in [-0.3, -0.25) is 0 Å². The molecule has 0 N–H and O–H groups in total. The Labute approximate surface area is 137 Å². The Morgan fingerprint density at radius 1 is 1.50 bits per heavy atom. The normalized spacial score (nSPS) is 10.3. The number of hydrogen-bond donors (Lipinski definition) is 0. The number of aryl methyl sites for hydroxylation is 1. The lowest BCUT2D eigenvalue weighted by Crippen LogP contribution is -2.08. The lowest BCUT2D eigenvalue weighted by atomic mass is 10.0. The summed E-state index contributed by atoms with van der Waals surface area (Å²) in [7, 11) is 1.35. The van der Waals surface area contributed by atoms with Gasteiger partial charge in [0.2, 0.25) is 0 Å². The molecule has 0 aliphatic heterocycles. The molecule has 2 aromatic rings. The van der Waals surface area contributed by atoms with Gasteiger partial charge >= 0.3 is 5.97 Å². The van der Waals surface area contributed by atoms with Crippen molar-refractivity contribution in [3.63, 3.8) is 0 Å². The number of rotatable bonds is 6. The first kappa shape index (κ1) is 16.3. The second kappa shape index (κ2) is 7.26. The van der Waals surface area contributed by atoms with E-state index >= 15 is 0 Å². The fourth-order valence-corrected chi connectivity index (χ4v) is 2.52. The van der Waals surface area contributed by atoms with Crippen LogP contribution in [0, 0.1) is 6.92 Å². The molecule has 2 rings (SSSR count). The van der Waals surface area contributed by atoms with Gasteiger partial charge in [0.15, 0.2) is 0 Å². The van der Waals surface area contributed by atoms with Crippen LogP contribution in [0.5, 0.6) is 5.75 Å². The number of carbonyl (C=O) groups is 1. The van der Waals surface area contributed by atoms with Crippen LogP contribution < -0.4 is 4.74 Å². The van der Waals surface area contributed by atoms with Crippen LogP contribution in [-0.2, 0) is 17.8 Å². The van der Waals surface area contributed by atoms with Crippen LogP contribution in [0.25, 0.3) is 0 Å². The van der Waals surface area contributed by atoms with Crippen molar-refractivity contribution < 1.29 is 18.8 Å². The number of aromatic nitrogens is 1. The van der Waals surface area contributed by atoms with E-state index in [1.807, 2.05) is 6.92 Å². The van der Waals surface area contributed by atoms with Crippen molar-refractivity contribution in [3.8, 4) is 5.75 Å². The minimum absolute atomic E-state index is 0.241. The fraction of sp³-hybridized carbons (Fsp3) is 0.250. The molecule has 0 unspecified atom stereocenters. The Balaban J connectivity index is 2.35. The molecule has 0 aliphatic carbocycles. The van der Waals surface area contributed by atoms with Crippen LogP contribution in [0.15, 0.2) is 39.8 Å². The number of methoxy groups -OCH3 is 1. The van der Waals surface area contributed by atoms with Crippen LogP contribution in [0.2, 0.25) is 0 Å². The maximum absolute atomic E-state index is 11.9. The number of esters is 1. The summed E-state index contributed by atoms with van der Waals surface area (Å²) in [6.45, 7) is 5.78. The number of hydrogen-bond acceptors (Lipinski definition) is 5. The molecule has 0 radical (unpaired) electrons. The Morgan fingerprint density at radius 3 is 2.86 bits per heavy atom. The van der Waals surface area contributed by atoms with Crippen molar-refractivity contribution in [1.29, 1.82) is 0 Å². The number of nitrogens with zero attached hydrogens (tertiary/aromatic N) is 1. The second-order valence-corrected chi connectivity index (χ2v) is 5.46. The van der Waals surface area contributed by atoms with Gasteiger partial charge in [0.05, 0.1) is 17.1 Å². The Hall–Kier alpha value is -2.08. The number of halogens is 1. The Kier molecular flexibility index (Phi) is 5.38. The van der Waals surface area contributed by atoms with E-state index in [1.165, 1.54) is 7.11 Å². The summed E-state index contributed by atoms with van der Waals surface area (Å²) in [5.41, 5.74) is 1.85. The quantitative estimate of drug-likeness (QED) is 0.574. The van der Waals surface area contributed by atoms with Gasteiger partial charge < -0.3 is 14.0 Å². The molecule has 0 bridgehead atoms. The summed E-state index contributed by atoms with van der Waals surface area (Å²) in [5, 5.41) is 3.88. The monoisotopic (exact) mass is 365 g/mol. The SMILES string of the molecule is C=CCc1c(C(=O)OC)ccc(Br)c1OCc1cc(C)on1. The average Bonchev–Trinajstić information content (AvgIpc) is 2.92. The smallest absolute Gasteiger partial charge is 0.338 e. The van der Waals surface area contributed by atoms with Gasteiger partial charge in [-0.05, 0) is 41.4 Å². The number of allylic oxidation sites excluding steroid dienone is 1. The second-order valence-electron chi connectivity index (χ2n) is 4.60. The van der Waals surface area contributed by atoms with E-state index in [2.05, 4.69) is 27.7 Å². The minimum atomic E-state index is -0.411. The number of benzene rings is 1. The highest BCUT2D eigenvalue weighted by Crippen LogP contribution is 2.33. The van der Waals surface area contributed by atoms with Crippen molar-refractivity contribution in [2.24, 2.45) is 0 Å². The topological polar surface area (TPSA) is 61.6 Å². The van der Waals surface area contributed by atoms with Crippen LogP contribution in [-0.4, -0.2) is 18.2 Å². The zero-order valence-electron chi connectivity index (χ0n) is 12.4. The van der Waals surface area contributed by atoms with Crippen molar-refractivity contribution >= 4 is 21.9 Å². The maximum atomic E-state index is 11.9. The third-order valence-electron chi connectivity index (χ3n) is 3.01. The molecular formula is C16H16BrNO4. The van der Waals surface area contributed by atoms with Crippen molar-refractivity contribution in [3.05, 3.63) is 57.9 Å². The Bertz CT molecular complexity index is 693. The summed E-state index contributed by atoms with van der Waals surface area (Å²) in [4.78, 5) is 11.9. The third kappa shape index (κ3) is 3.57. The van der Waals surface area contributed by atoms with E-state index in [-0.39, 0.29) is 6.61 Å². The molecule has 0 saturated heterocycles. The predicted molar refractivity (Wildman–Crippen MR) is 85.0 cm³/mol. The molecule has 116 valence electrons. The Morgan fingerprint density at radius 2 is 2.27 bits per heavy atom. The van der Waals surface area contributed by atoms with E-state index in [9.17, 15) is 4.79 Å². The molecule has 0 spiro atoms. The van der Waals surface area contributed by atoms with Crippen LogP contribution in [0.3, 0.4) is 0 Å². The summed E-state index contributed by atoms with van der Waals surface area (Å²) in [6, 6.07) is 5.25. The van der Waals surface area contributed by atoms with Gasteiger partial charge in [-0.15, -0.1) is 6.58 Å². The largest absolute Gasteiger partial charge is 0.486 e. The first-order chi connectivity index (χ1) is 10.6. The molecule has 22 heavy (non-hydrogen) atoms. The maximum Gasteiger partial charge on any atom is 0.338 e. The molecule has 0 aliphatic rings. The van der Waals surface area contributed by atoms with Crippen LogP contribution >= 0.6 is 15.9 Å². The van der Waals surface area contributed by atoms with Gasteiger partial charge in [-0.25, -0.2) is 4.79 Å². The first-order valence-electron chi connectivity index (χ1n) is 6.62. The van der Waals surface area contributed by atoms with Gasteiger partial charge in [-0.2, -0.15) is 0 Å². The molecule has 0 amide bonds. The van der Waals surface area contributed by atoms with Crippen molar-refractivity contribution in [2.45, 2.75) is 20.0 Å². The summed E-state index contributed by atoms with van der Waals surface area (Å²) < 4.78 is 16.4. The summed E-state index contributed by atoms with van der Waals surface area (Å²) in [5.74, 6) is 0.877. The molecule has 6 heteroatoms. The highest BCUT2D eigenvalue weighted by atomic mass is 79.9. The van der Waals surface area contributed by atoms with Crippen LogP contribution in [0.4, 0.5) is 0 Å². The van der Waals surface area contributed by atoms with Gasteiger partial charge in [0.1, 0.15) is 23.8 Å². The molecule has 0 saturated carbocycles. The molecule has 1 heterocycles. The first-order valence-corrected chi connectivity index (χ1v) is 7.41. The van der Waals surface area contributed by atoms with Crippen LogP contribution in [0.1, 0.15) is 27.4 Å². The van der Waals surface area contributed by atoms with Gasteiger partial charge in [0, 0.05) is 11.6 Å². The highest BCUT2D eigenvalue weighted by molar-refractivity contribution is 9.10. The van der Waals surface area contributed by atoms with E-state index in [0.717, 1.165) is 10.0 Å². The molecule has 0 atom stereocenters. The van der Waals surface area contributed by atoms with Crippen molar-refractivity contribution in [1.82, 2.24) is 5.16 Å². The standard InChI is InChI=1S/C16H16BrNO4/c1-4-5-12-13(16(19)20-3)6-7-14(17)15(12)21-9-11-8-10(2)22-18-11/h4,6-8H,1,5,9H2,2-3H3. The van der Waals surface area contributed by atoms with E-state index in [1.54, 1.807) is 24.3 Å². The number of ether oxygens (including phenoxy) is 2. The van der Waals surface area contributed by atoms with E-state index < -0.39 is 5.97 Å². The lowest BCUT2D eigenvalue weighted by molar-refractivity contribution is 0.0599. The summed E-state index contributed by atoms with van der Waals surface area (Å²) >= 11 is 3.45. The predicted octanol–water partition coefficient (Wildman–Crippen LogP) is 3.84. The zero-order valence-corrected chi connectivity index (χ0v) is 14.0. The van der Waals surface area contributed by atoms with Gasteiger partial charge in [-0.1, -0.05) is 11.2 Å². The number of carbonyl (C=O) groups excluding carboxylic acids is 1. The molecular weight excluding hydrogens is 350 g/mol. The molecule has 1 aromatic heterocycles. The average molecular weight is 366 g/mol. The van der Waals surface area contributed by atoms with Crippen molar-refractivity contribution in [2.75, 3.05) is 7.11 Å². The highest BCUT2D eigenvalue weighted by Gasteiger charge is 2.18. The summed E-state index contributed by atoms with van der Waals surface area (Å²) in [6.07, 6.45) is 2.19. The fourth-order valence-electron chi connectivity index (χ4n) is 2.04. The molecule has 1 aromatic carbocycles.